The standard InChI is InChI=1S/C27H29NO11/c1-10-22(31)13(28)6-17(38-10)39-15-8-27(36,16(30)9-29)7-12-19(15)26(35)21-20(24(12)33)23(32)11-4-3-5-14(37-2)18(11)25(21)34/h3-5,10,13,15,17,22,29,31,33,35-36H,6-9,28H2,1-2H3/t10?,13?,15?,17?,22?,27-/m0/s1. The fourth-order valence-electron chi connectivity index (χ4n) is 5.75. The van der Waals surface area contributed by atoms with Crippen molar-refractivity contribution in [2.75, 3.05) is 13.7 Å². The topological polar surface area (TPSA) is 206 Å². The molecule has 1 aliphatic heterocycles. The van der Waals surface area contributed by atoms with Crippen LogP contribution in [0.15, 0.2) is 18.2 Å². The highest BCUT2D eigenvalue weighted by Crippen LogP contribution is 2.52. The third-order valence-electron chi connectivity index (χ3n) is 7.81. The third kappa shape index (κ3) is 4.11. The number of aliphatic hydroxyl groups is 3. The minimum atomic E-state index is -2.24. The quantitative estimate of drug-likeness (QED) is 0.235. The first kappa shape index (κ1) is 27.2. The van der Waals surface area contributed by atoms with Crippen LogP contribution in [0, 0.1) is 0 Å². The van der Waals surface area contributed by atoms with Crippen LogP contribution in [0.25, 0.3) is 0 Å². The van der Waals surface area contributed by atoms with E-state index in [-0.39, 0.29) is 34.4 Å². The zero-order valence-corrected chi connectivity index (χ0v) is 21.2. The number of carbonyl (C=O) groups is 3. The lowest BCUT2D eigenvalue weighted by atomic mass is 9.72. The molecule has 5 rings (SSSR count). The molecule has 6 atom stereocenters. The molecule has 0 saturated carbocycles. The van der Waals surface area contributed by atoms with E-state index in [0.29, 0.717) is 0 Å². The van der Waals surface area contributed by atoms with E-state index in [1.807, 2.05) is 0 Å². The Balaban J connectivity index is 1.69. The molecule has 0 bridgehead atoms. The molecule has 0 amide bonds. The fourth-order valence-corrected chi connectivity index (χ4v) is 5.75. The molecule has 5 unspecified atom stereocenters. The Hall–Kier alpha value is -3.39. The van der Waals surface area contributed by atoms with Gasteiger partial charge in [-0.1, -0.05) is 12.1 Å². The number of carbonyl (C=O) groups excluding carboxylic acids is 3. The highest BCUT2D eigenvalue weighted by atomic mass is 16.7. The summed E-state index contributed by atoms with van der Waals surface area (Å²) in [5.41, 5.74) is 2.37. The van der Waals surface area contributed by atoms with Crippen molar-refractivity contribution in [2.45, 2.75) is 62.4 Å². The van der Waals surface area contributed by atoms with Crippen molar-refractivity contribution in [3.63, 3.8) is 0 Å². The third-order valence-corrected chi connectivity index (χ3v) is 7.81. The summed E-state index contributed by atoms with van der Waals surface area (Å²) in [6.45, 7) is 0.560. The van der Waals surface area contributed by atoms with E-state index in [0.717, 1.165) is 0 Å². The predicted molar refractivity (Wildman–Crippen MR) is 132 cm³/mol. The normalized spacial score (nSPS) is 29.8. The molecule has 1 saturated heterocycles. The second-order valence-corrected chi connectivity index (χ2v) is 10.2. The van der Waals surface area contributed by atoms with Gasteiger partial charge in [-0.3, -0.25) is 14.4 Å². The highest BCUT2D eigenvalue weighted by molar-refractivity contribution is 6.31. The van der Waals surface area contributed by atoms with Crippen LogP contribution in [0.4, 0.5) is 0 Å². The molecule has 39 heavy (non-hydrogen) atoms. The number of aromatic hydroxyl groups is 2. The predicted octanol–water partition coefficient (Wildman–Crippen LogP) is 0.00130. The van der Waals surface area contributed by atoms with Crippen LogP contribution in [0.3, 0.4) is 0 Å². The Kier molecular flexibility index (Phi) is 6.74. The Morgan fingerprint density at radius 2 is 1.85 bits per heavy atom. The monoisotopic (exact) mass is 543 g/mol. The smallest absolute Gasteiger partial charge is 0.202 e. The van der Waals surface area contributed by atoms with Gasteiger partial charge in [0.2, 0.25) is 5.78 Å². The van der Waals surface area contributed by atoms with Gasteiger partial charge >= 0.3 is 0 Å². The van der Waals surface area contributed by atoms with Gasteiger partial charge in [-0.25, -0.2) is 0 Å². The molecule has 0 spiro atoms. The van der Waals surface area contributed by atoms with E-state index >= 15 is 0 Å². The van der Waals surface area contributed by atoms with Gasteiger partial charge in [-0.15, -0.1) is 0 Å². The summed E-state index contributed by atoms with van der Waals surface area (Å²) in [5, 5.41) is 53.7. The average Bonchev–Trinajstić information content (AvgIpc) is 2.90. The van der Waals surface area contributed by atoms with Crippen LogP contribution in [0.5, 0.6) is 17.2 Å². The molecule has 1 heterocycles. The first-order valence-electron chi connectivity index (χ1n) is 12.4. The molecule has 3 aliphatic rings. The maximum Gasteiger partial charge on any atom is 0.202 e. The second-order valence-electron chi connectivity index (χ2n) is 10.2. The lowest BCUT2D eigenvalue weighted by Gasteiger charge is -2.42. The van der Waals surface area contributed by atoms with E-state index in [2.05, 4.69) is 0 Å². The molecular weight excluding hydrogens is 514 g/mol. The minimum Gasteiger partial charge on any atom is -0.507 e. The molecule has 12 heteroatoms. The second kappa shape index (κ2) is 9.66. The molecule has 7 N–H and O–H groups in total. The summed E-state index contributed by atoms with van der Waals surface area (Å²) in [6, 6.07) is 3.64. The van der Waals surface area contributed by atoms with E-state index < -0.39 is 95.7 Å². The number of ketones is 3. The van der Waals surface area contributed by atoms with Crippen LogP contribution in [0.2, 0.25) is 0 Å². The lowest BCUT2D eigenvalue weighted by Crippen LogP contribution is -2.53. The molecule has 2 aromatic carbocycles. The molecule has 208 valence electrons. The van der Waals surface area contributed by atoms with Gasteiger partial charge in [0.15, 0.2) is 17.9 Å². The van der Waals surface area contributed by atoms with E-state index in [9.17, 15) is 39.9 Å². The van der Waals surface area contributed by atoms with Crippen molar-refractivity contribution in [3.05, 3.63) is 51.6 Å². The number of nitrogens with two attached hydrogens (primary N) is 1. The van der Waals surface area contributed by atoms with Gasteiger partial charge in [0.05, 0.1) is 42.1 Å². The van der Waals surface area contributed by atoms with E-state index in [1.54, 1.807) is 6.92 Å². The van der Waals surface area contributed by atoms with Crippen molar-refractivity contribution in [1.29, 1.82) is 0 Å². The van der Waals surface area contributed by atoms with Crippen LogP contribution in [0.1, 0.15) is 68.8 Å². The Morgan fingerprint density at radius 1 is 1.15 bits per heavy atom. The summed E-state index contributed by atoms with van der Waals surface area (Å²) in [4.78, 5) is 39.7. The van der Waals surface area contributed by atoms with E-state index in [1.165, 1.54) is 25.3 Å². The molecule has 2 aliphatic carbocycles. The summed E-state index contributed by atoms with van der Waals surface area (Å²) in [7, 11) is 1.32. The number of fused-ring (bicyclic) bond motifs is 3. The summed E-state index contributed by atoms with van der Waals surface area (Å²) in [5.74, 6) is -3.77. The van der Waals surface area contributed by atoms with Gasteiger partial charge in [-0.2, -0.15) is 0 Å². The largest absolute Gasteiger partial charge is 0.507 e. The maximum atomic E-state index is 13.6. The van der Waals surface area contributed by atoms with Crippen LogP contribution < -0.4 is 10.5 Å². The number of Topliss-reactive ketones (excluding diaryl/α,β-unsaturated/α-hetero) is 1. The first-order valence-corrected chi connectivity index (χ1v) is 12.4. The lowest BCUT2D eigenvalue weighted by molar-refractivity contribution is -0.247. The highest BCUT2D eigenvalue weighted by Gasteiger charge is 2.50. The van der Waals surface area contributed by atoms with Crippen LogP contribution in [-0.4, -0.2) is 86.7 Å². The maximum absolute atomic E-state index is 13.6. The molecule has 1 fully saturated rings. The van der Waals surface area contributed by atoms with Gasteiger partial charge in [0.1, 0.15) is 29.5 Å². The number of benzene rings is 2. The number of hydrogen-bond donors (Lipinski definition) is 6. The number of aliphatic hydroxyl groups excluding tert-OH is 2. The zero-order chi connectivity index (χ0) is 28.4. The van der Waals surface area contributed by atoms with E-state index in [4.69, 9.17) is 19.9 Å². The van der Waals surface area contributed by atoms with Crippen molar-refractivity contribution in [1.82, 2.24) is 0 Å². The Morgan fingerprint density at radius 3 is 2.49 bits per heavy atom. The Bertz CT molecular complexity index is 1380. The number of methoxy groups -OCH3 is 1. The molecular formula is C27H29NO11. The molecule has 12 nitrogen and oxygen atoms in total. The number of phenolic OH excluding ortho intramolecular Hbond substituents is 2. The number of rotatable bonds is 5. The van der Waals surface area contributed by atoms with Crippen LogP contribution >= 0.6 is 0 Å². The first-order chi connectivity index (χ1) is 18.4. The number of hydrogen-bond acceptors (Lipinski definition) is 12. The van der Waals surface area contributed by atoms with Crippen molar-refractivity contribution in [2.24, 2.45) is 5.73 Å². The van der Waals surface area contributed by atoms with Crippen molar-refractivity contribution in [3.8, 4) is 17.2 Å². The van der Waals surface area contributed by atoms with Crippen molar-refractivity contribution >= 4 is 17.3 Å². The summed E-state index contributed by atoms with van der Waals surface area (Å²) in [6.07, 6.45) is -5.12. The SMILES string of the molecule is COc1cccc2c1C(=O)c1c(O)c3c(c(O)c1C2=O)C[C@@](O)(C(=O)CO)CC3OC1CC(N)C(O)C(C)O1. The minimum absolute atomic E-state index is 0.0173. The molecule has 0 radical (unpaired) electrons. The molecule has 0 aromatic heterocycles. The van der Waals surface area contributed by atoms with Gasteiger partial charge < -0.3 is 45.5 Å². The number of ether oxygens (including phenoxy) is 3. The molecule has 2 aromatic rings. The number of phenols is 2. The van der Waals surface area contributed by atoms with Crippen molar-refractivity contribution < 1.29 is 54.1 Å². The zero-order valence-electron chi connectivity index (χ0n) is 21.2. The van der Waals surface area contributed by atoms with Crippen LogP contribution in [-0.2, 0) is 20.7 Å². The average molecular weight is 544 g/mol. The Labute approximate surface area is 222 Å². The van der Waals surface area contributed by atoms with Gasteiger partial charge in [0.25, 0.3) is 0 Å². The summed E-state index contributed by atoms with van der Waals surface area (Å²) < 4.78 is 17.0. The fraction of sp³-hybridized carbons (Fsp3) is 0.444. The van der Waals surface area contributed by atoms with Gasteiger partial charge in [0, 0.05) is 42.0 Å². The summed E-state index contributed by atoms with van der Waals surface area (Å²) >= 11 is 0. The van der Waals surface area contributed by atoms with Gasteiger partial charge in [-0.05, 0) is 13.0 Å².